The number of amides is 1. The first kappa shape index (κ1) is 14.4. The van der Waals surface area contributed by atoms with Gasteiger partial charge >= 0.3 is 0 Å². The van der Waals surface area contributed by atoms with Crippen LogP contribution in [0.1, 0.15) is 19.8 Å². The molecule has 1 aliphatic rings. The second kappa shape index (κ2) is 6.48. The topological polar surface area (TPSA) is 33.2 Å². The molecule has 1 saturated heterocycles. The zero-order valence-corrected chi connectivity index (χ0v) is 13.1. The molecule has 1 aromatic heterocycles. The van der Waals surface area contributed by atoms with E-state index in [9.17, 15) is 4.79 Å². The molecule has 3 nitrogen and oxygen atoms in total. The van der Waals surface area contributed by atoms with Gasteiger partial charge < -0.3 is 4.90 Å². The van der Waals surface area contributed by atoms with E-state index in [-0.39, 0.29) is 5.91 Å². The first-order valence-corrected chi connectivity index (χ1v) is 8.47. The highest BCUT2D eigenvalue weighted by Crippen LogP contribution is 2.22. The van der Waals surface area contributed by atoms with Gasteiger partial charge in [0.2, 0.25) is 5.91 Å². The van der Waals surface area contributed by atoms with Crippen molar-refractivity contribution in [1.82, 2.24) is 9.88 Å². The molecule has 0 saturated carbocycles. The Labute approximate surface area is 129 Å². The Morgan fingerprint density at radius 1 is 1.24 bits per heavy atom. The van der Waals surface area contributed by atoms with Gasteiger partial charge in [0.25, 0.3) is 0 Å². The van der Waals surface area contributed by atoms with Crippen molar-refractivity contribution in [3.8, 4) is 0 Å². The van der Waals surface area contributed by atoms with Crippen molar-refractivity contribution in [1.29, 1.82) is 0 Å². The van der Waals surface area contributed by atoms with Crippen LogP contribution in [-0.2, 0) is 4.79 Å². The summed E-state index contributed by atoms with van der Waals surface area (Å²) in [6, 6.07) is 12.1. The monoisotopic (exact) mass is 300 g/mol. The van der Waals surface area contributed by atoms with Crippen molar-refractivity contribution < 1.29 is 4.79 Å². The van der Waals surface area contributed by atoms with Crippen molar-refractivity contribution in [3.63, 3.8) is 0 Å². The van der Waals surface area contributed by atoms with E-state index in [4.69, 9.17) is 0 Å². The molecule has 2 heterocycles. The molecule has 1 aliphatic heterocycles. The first-order valence-electron chi connectivity index (χ1n) is 7.49. The minimum Gasteiger partial charge on any atom is -0.342 e. The molecule has 21 heavy (non-hydrogen) atoms. The number of hydrogen-bond acceptors (Lipinski definition) is 3. The van der Waals surface area contributed by atoms with E-state index in [1.165, 1.54) is 11.8 Å². The summed E-state index contributed by atoms with van der Waals surface area (Å²) >= 11 is 1.54. The number of carbonyl (C=O) groups excluding carboxylic acids is 1. The molecule has 1 amide bonds. The quantitative estimate of drug-likeness (QED) is 0.812. The molecule has 1 fully saturated rings. The zero-order chi connectivity index (χ0) is 14.7. The Hall–Kier alpha value is -1.55. The maximum absolute atomic E-state index is 12.2. The number of fused-ring (bicyclic) bond motifs is 1. The number of nitrogens with zero attached hydrogens (tertiary/aromatic N) is 2. The van der Waals surface area contributed by atoms with E-state index in [1.807, 2.05) is 29.2 Å². The first-order chi connectivity index (χ1) is 10.2. The van der Waals surface area contributed by atoms with E-state index in [2.05, 4.69) is 24.0 Å². The average Bonchev–Trinajstić information content (AvgIpc) is 2.53. The molecular formula is C17H20N2OS. The molecule has 0 atom stereocenters. The summed E-state index contributed by atoms with van der Waals surface area (Å²) in [5.74, 6) is 1.48. The summed E-state index contributed by atoms with van der Waals surface area (Å²) in [5.41, 5.74) is 0.988. The van der Waals surface area contributed by atoms with E-state index >= 15 is 0 Å². The minimum atomic E-state index is 0.238. The van der Waals surface area contributed by atoms with E-state index in [0.29, 0.717) is 5.75 Å². The highest BCUT2D eigenvalue weighted by atomic mass is 32.2. The fourth-order valence-corrected chi connectivity index (χ4v) is 3.39. The molecule has 0 aliphatic carbocycles. The molecule has 0 spiro atoms. The zero-order valence-electron chi connectivity index (χ0n) is 12.3. The third kappa shape index (κ3) is 3.56. The van der Waals surface area contributed by atoms with Gasteiger partial charge in [-0.05, 0) is 30.9 Å². The van der Waals surface area contributed by atoms with Crippen molar-refractivity contribution in [2.75, 3.05) is 18.8 Å². The Morgan fingerprint density at radius 3 is 2.81 bits per heavy atom. The largest absolute Gasteiger partial charge is 0.342 e. The number of carbonyl (C=O) groups is 1. The highest BCUT2D eigenvalue weighted by Gasteiger charge is 2.20. The van der Waals surface area contributed by atoms with Crippen molar-refractivity contribution in [3.05, 3.63) is 36.4 Å². The molecule has 110 valence electrons. The fourth-order valence-electron chi connectivity index (χ4n) is 2.61. The number of hydrogen-bond donors (Lipinski definition) is 0. The van der Waals surface area contributed by atoms with Crippen LogP contribution >= 0.6 is 11.8 Å². The van der Waals surface area contributed by atoms with Crippen molar-refractivity contribution in [2.24, 2.45) is 5.92 Å². The predicted octanol–water partition coefficient (Wildman–Crippen LogP) is 3.59. The molecule has 4 heteroatoms. The number of benzene rings is 1. The second-order valence-electron chi connectivity index (χ2n) is 5.69. The van der Waals surface area contributed by atoms with Gasteiger partial charge in [0.15, 0.2) is 0 Å². The fraction of sp³-hybridized carbons (Fsp3) is 0.412. The van der Waals surface area contributed by atoms with E-state index < -0.39 is 0 Å². The molecule has 0 radical (unpaired) electrons. The summed E-state index contributed by atoms with van der Waals surface area (Å²) in [5, 5.41) is 2.06. The maximum Gasteiger partial charge on any atom is 0.232 e. The summed E-state index contributed by atoms with van der Waals surface area (Å²) in [6.45, 7) is 4.08. The van der Waals surface area contributed by atoms with Crippen molar-refractivity contribution in [2.45, 2.75) is 24.8 Å². The van der Waals surface area contributed by atoms with Crippen LogP contribution in [0.4, 0.5) is 0 Å². The smallest absolute Gasteiger partial charge is 0.232 e. The van der Waals surface area contributed by atoms with Crippen LogP contribution in [0.25, 0.3) is 10.9 Å². The maximum atomic E-state index is 12.2. The molecule has 3 rings (SSSR count). The highest BCUT2D eigenvalue weighted by molar-refractivity contribution is 7.99. The molecule has 0 N–H and O–H groups in total. The third-order valence-corrected chi connectivity index (χ3v) is 4.97. The number of rotatable bonds is 3. The van der Waals surface area contributed by atoms with Crippen LogP contribution in [0.5, 0.6) is 0 Å². The normalized spacial score (nSPS) is 16.3. The molecule has 1 aromatic carbocycles. The third-order valence-electron chi connectivity index (χ3n) is 4.05. The van der Waals surface area contributed by atoms with Gasteiger partial charge in [-0.3, -0.25) is 4.79 Å². The van der Waals surface area contributed by atoms with Gasteiger partial charge in [0, 0.05) is 18.5 Å². The Bertz CT molecular complexity index is 635. The average molecular weight is 300 g/mol. The molecule has 0 bridgehead atoms. The van der Waals surface area contributed by atoms with Crippen LogP contribution in [0.3, 0.4) is 0 Å². The standard InChI is InChI=1S/C17H20N2OS/c1-13-8-10-19(11-9-13)17(20)12-21-16-7-6-14-4-2-3-5-15(14)18-16/h2-7,13H,8-12H2,1H3. The lowest BCUT2D eigenvalue weighted by molar-refractivity contribution is -0.129. The van der Waals surface area contributed by atoms with Crippen LogP contribution in [0, 0.1) is 5.92 Å². The Kier molecular flexibility index (Phi) is 4.44. The van der Waals surface area contributed by atoms with Crippen LogP contribution in [0.2, 0.25) is 0 Å². The summed E-state index contributed by atoms with van der Waals surface area (Å²) in [6.07, 6.45) is 2.26. The van der Waals surface area contributed by atoms with Gasteiger partial charge in [-0.25, -0.2) is 4.98 Å². The van der Waals surface area contributed by atoms with Gasteiger partial charge in [0.1, 0.15) is 0 Å². The lowest BCUT2D eigenvalue weighted by atomic mass is 9.99. The van der Waals surface area contributed by atoms with E-state index in [1.54, 1.807) is 0 Å². The summed E-state index contributed by atoms with van der Waals surface area (Å²) in [4.78, 5) is 18.8. The Balaban J connectivity index is 1.59. The van der Waals surface area contributed by atoms with Crippen LogP contribution < -0.4 is 0 Å². The van der Waals surface area contributed by atoms with Gasteiger partial charge in [0.05, 0.1) is 16.3 Å². The molecular weight excluding hydrogens is 280 g/mol. The van der Waals surface area contributed by atoms with Crippen LogP contribution in [-0.4, -0.2) is 34.6 Å². The lowest BCUT2D eigenvalue weighted by Crippen LogP contribution is -2.38. The number of thioether (sulfide) groups is 1. The number of aromatic nitrogens is 1. The SMILES string of the molecule is CC1CCN(C(=O)CSc2ccc3ccccc3n2)CC1. The summed E-state index contributed by atoms with van der Waals surface area (Å²) in [7, 11) is 0. The number of pyridine rings is 1. The lowest BCUT2D eigenvalue weighted by Gasteiger charge is -2.30. The molecule has 0 unspecified atom stereocenters. The second-order valence-corrected chi connectivity index (χ2v) is 6.69. The van der Waals surface area contributed by atoms with Gasteiger partial charge in [-0.15, -0.1) is 0 Å². The number of para-hydroxylation sites is 1. The van der Waals surface area contributed by atoms with Crippen LogP contribution in [0.15, 0.2) is 41.4 Å². The van der Waals surface area contributed by atoms with Gasteiger partial charge in [-0.1, -0.05) is 43.0 Å². The Morgan fingerprint density at radius 2 is 2.00 bits per heavy atom. The minimum absolute atomic E-state index is 0.238. The summed E-state index contributed by atoms with van der Waals surface area (Å²) < 4.78 is 0. The van der Waals surface area contributed by atoms with Crippen molar-refractivity contribution >= 4 is 28.6 Å². The van der Waals surface area contributed by atoms with Gasteiger partial charge in [-0.2, -0.15) is 0 Å². The predicted molar refractivity (Wildman–Crippen MR) is 87.4 cm³/mol. The number of likely N-dealkylation sites (tertiary alicyclic amines) is 1. The molecule has 2 aromatic rings. The van der Waals surface area contributed by atoms with E-state index in [0.717, 1.165) is 47.8 Å². The number of piperidine rings is 1.